The minimum Gasteiger partial charge on any atom is -0.337 e. The number of carbonyl (C=O) groups is 1. The summed E-state index contributed by atoms with van der Waals surface area (Å²) >= 11 is 0. The largest absolute Gasteiger partial charge is 0.337 e. The summed E-state index contributed by atoms with van der Waals surface area (Å²) in [6.07, 6.45) is 5.28. The molecule has 20 heavy (non-hydrogen) atoms. The Morgan fingerprint density at radius 1 is 1.55 bits per heavy atom. The Balaban J connectivity index is 1.73. The van der Waals surface area contributed by atoms with Gasteiger partial charge in [0.15, 0.2) is 0 Å². The van der Waals surface area contributed by atoms with Crippen molar-refractivity contribution in [3.8, 4) is 0 Å². The molecule has 7 heteroatoms. The summed E-state index contributed by atoms with van der Waals surface area (Å²) in [5, 5.41) is 9.70. The van der Waals surface area contributed by atoms with Gasteiger partial charge in [0.1, 0.15) is 0 Å². The molecule has 0 aliphatic carbocycles. The molecule has 1 saturated heterocycles. The van der Waals surface area contributed by atoms with Gasteiger partial charge < -0.3 is 15.2 Å². The quantitative estimate of drug-likeness (QED) is 0.879. The second-order valence-electron chi connectivity index (χ2n) is 4.75. The van der Waals surface area contributed by atoms with Crippen LogP contribution in [0.2, 0.25) is 0 Å². The summed E-state index contributed by atoms with van der Waals surface area (Å²) < 4.78 is 5.14. The summed E-state index contributed by atoms with van der Waals surface area (Å²) in [6, 6.07) is 1.88. The van der Waals surface area contributed by atoms with Gasteiger partial charge in [-0.05, 0) is 37.9 Å². The van der Waals surface area contributed by atoms with Gasteiger partial charge in [0, 0.05) is 6.20 Å². The highest BCUT2D eigenvalue weighted by Crippen LogP contribution is 2.21. The van der Waals surface area contributed by atoms with Crippen LogP contribution < -0.4 is 10.6 Å². The van der Waals surface area contributed by atoms with E-state index in [0.29, 0.717) is 11.6 Å². The van der Waals surface area contributed by atoms with Gasteiger partial charge in [0.25, 0.3) is 11.7 Å². The first kappa shape index (κ1) is 12.7. The van der Waals surface area contributed by atoms with Gasteiger partial charge >= 0.3 is 0 Å². The van der Waals surface area contributed by atoms with E-state index in [1.54, 1.807) is 12.4 Å². The zero-order valence-corrected chi connectivity index (χ0v) is 11.1. The number of hydrogen-bond donors (Lipinski definition) is 2. The van der Waals surface area contributed by atoms with Crippen molar-refractivity contribution in [2.45, 2.75) is 25.8 Å². The summed E-state index contributed by atoms with van der Waals surface area (Å²) in [5.41, 5.74) is 1.57. The van der Waals surface area contributed by atoms with E-state index >= 15 is 0 Å². The Kier molecular flexibility index (Phi) is 3.42. The molecule has 0 spiro atoms. The van der Waals surface area contributed by atoms with Crippen molar-refractivity contribution >= 4 is 11.6 Å². The molecule has 1 aliphatic rings. The molecule has 1 fully saturated rings. The molecule has 1 aliphatic heterocycles. The van der Waals surface area contributed by atoms with Crippen LogP contribution in [0.3, 0.4) is 0 Å². The highest BCUT2D eigenvalue weighted by molar-refractivity contribution is 6.01. The van der Waals surface area contributed by atoms with Crippen LogP contribution in [-0.2, 0) is 0 Å². The second kappa shape index (κ2) is 5.38. The van der Waals surface area contributed by atoms with Gasteiger partial charge in [0.05, 0.1) is 17.9 Å². The summed E-state index contributed by atoms with van der Waals surface area (Å²) in [6.45, 7) is 2.82. The lowest BCUT2D eigenvalue weighted by Gasteiger charge is -2.04. The first-order valence-corrected chi connectivity index (χ1v) is 6.53. The lowest BCUT2D eigenvalue weighted by atomic mass is 10.2. The molecule has 1 unspecified atom stereocenters. The van der Waals surface area contributed by atoms with Crippen LogP contribution in [0.25, 0.3) is 0 Å². The molecule has 2 aromatic rings. The number of rotatable bonds is 3. The van der Waals surface area contributed by atoms with Gasteiger partial charge in [-0.25, -0.2) is 0 Å². The predicted molar refractivity (Wildman–Crippen MR) is 71.2 cm³/mol. The summed E-state index contributed by atoms with van der Waals surface area (Å²) in [5.74, 6) is 0.113. The van der Waals surface area contributed by atoms with Gasteiger partial charge in [-0.3, -0.25) is 9.78 Å². The van der Waals surface area contributed by atoms with Crippen LogP contribution in [-0.4, -0.2) is 27.6 Å². The normalized spacial score (nSPS) is 18.1. The Bertz CT molecular complexity index is 619. The van der Waals surface area contributed by atoms with E-state index in [1.807, 2.05) is 13.0 Å². The zero-order valence-electron chi connectivity index (χ0n) is 11.1. The SMILES string of the molecule is Cc1ccncc1NC(=O)c1noc(C2CCCN2)n1. The molecule has 3 rings (SSSR count). The van der Waals surface area contributed by atoms with Gasteiger partial charge in [-0.2, -0.15) is 4.98 Å². The Morgan fingerprint density at radius 3 is 3.20 bits per heavy atom. The standard InChI is InChI=1S/C13H15N5O2/c1-8-4-6-14-7-10(8)16-12(19)11-17-13(20-18-11)9-3-2-5-15-9/h4,6-7,9,15H,2-3,5H2,1H3,(H,16,19). The zero-order chi connectivity index (χ0) is 13.9. The maximum Gasteiger partial charge on any atom is 0.297 e. The highest BCUT2D eigenvalue weighted by Gasteiger charge is 2.24. The van der Waals surface area contributed by atoms with Crippen molar-refractivity contribution in [3.63, 3.8) is 0 Å². The number of aromatic nitrogens is 3. The van der Waals surface area contributed by atoms with E-state index in [1.165, 1.54) is 0 Å². The number of carbonyl (C=O) groups excluding carboxylic acids is 1. The molecule has 104 valence electrons. The average Bonchev–Trinajstić information content (AvgIpc) is 3.11. The fourth-order valence-corrected chi connectivity index (χ4v) is 2.14. The van der Waals surface area contributed by atoms with Crippen LogP contribution in [0.5, 0.6) is 0 Å². The minimum absolute atomic E-state index is 0.0388. The predicted octanol–water partition coefficient (Wildman–Crippen LogP) is 1.45. The van der Waals surface area contributed by atoms with Crippen LogP contribution in [0.15, 0.2) is 23.0 Å². The smallest absolute Gasteiger partial charge is 0.297 e. The summed E-state index contributed by atoms with van der Waals surface area (Å²) in [7, 11) is 0. The van der Waals surface area contributed by atoms with Crippen molar-refractivity contribution in [2.75, 3.05) is 11.9 Å². The molecule has 2 aromatic heterocycles. The fourth-order valence-electron chi connectivity index (χ4n) is 2.14. The molecule has 1 atom stereocenters. The van der Waals surface area contributed by atoms with Gasteiger partial charge in [0.2, 0.25) is 5.89 Å². The maximum atomic E-state index is 12.1. The fraction of sp³-hybridized carbons (Fsp3) is 0.385. The van der Waals surface area contributed by atoms with Crippen LogP contribution in [0.1, 0.15) is 41.0 Å². The molecule has 0 radical (unpaired) electrons. The number of nitrogens with zero attached hydrogens (tertiary/aromatic N) is 3. The second-order valence-corrected chi connectivity index (χ2v) is 4.75. The Hall–Kier alpha value is -2.28. The highest BCUT2D eigenvalue weighted by atomic mass is 16.5. The molecule has 0 aromatic carbocycles. The molecule has 3 heterocycles. The van der Waals surface area contributed by atoms with Crippen molar-refractivity contribution < 1.29 is 9.32 Å². The third-order valence-electron chi connectivity index (χ3n) is 3.29. The Labute approximate surface area is 115 Å². The third kappa shape index (κ3) is 2.53. The summed E-state index contributed by atoms with van der Waals surface area (Å²) in [4.78, 5) is 20.2. The lowest BCUT2D eigenvalue weighted by Crippen LogP contribution is -2.16. The number of aryl methyl sites for hydroxylation is 1. The molecule has 7 nitrogen and oxygen atoms in total. The number of nitrogens with one attached hydrogen (secondary N) is 2. The number of pyridine rings is 1. The topological polar surface area (TPSA) is 92.9 Å². The molecular weight excluding hydrogens is 258 g/mol. The van der Waals surface area contributed by atoms with Crippen molar-refractivity contribution in [2.24, 2.45) is 0 Å². The number of amides is 1. The van der Waals surface area contributed by atoms with E-state index < -0.39 is 5.91 Å². The van der Waals surface area contributed by atoms with Crippen molar-refractivity contribution in [3.05, 3.63) is 35.7 Å². The number of hydrogen-bond acceptors (Lipinski definition) is 6. The van der Waals surface area contributed by atoms with E-state index in [0.717, 1.165) is 24.9 Å². The van der Waals surface area contributed by atoms with Crippen LogP contribution >= 0.6 is 0 Å². The molecular formula is C13H15N5O2. The van der Waals surface area contributed by atoms with Crippen LogP contribution in [0, 0.1) is 6.92 Å². The van der Waals surface area contributed by atoms with Gasteiger partial charge in [-0.15, -0.1) is 0 Å². The van der Waals surface area contributed by atoms with Crippen molar-refractivity contribution in [1.82, 2.24) is 20.4 Å². The van der Waals surface area contributed by atoms with E-state index in [2.05, 4.69) is 25.8 Å². The Morgan fingerprint density at radius 2 is 2.45 bits per heavy atom. The maximum absolute atomic E-state index is 12.1. The average molecular weight is 273 g/mol. The minimum atomic E-state index is -0.394. The van der Waals surface area contributed by atoms with Gasteiger partial charge in [-0.1, -0.05) is 5.16 Å². The van der Waals surface area contributed by atoms with E-state index in [-0.39, 0.29) is 11.9 Å². The van der Waals surface area contributed by atoms with E-state index in [9.17, 15) is 4.79 Å². The molecule has 2 N–H and O–H groups in total. The molecule has 0 saturated carbocycles. The third-order valence-corrected chi connectivity index (χ3v) is 3.29. The van der Waals surface area contributed by atoms with Crippen LogP contribution in [0.4, 0.5) is 5.69 Å². The number of anilines is 1. The lowest BCUT2D eigenvalue weighted by molar-refractivity contribution is 0.101. The monoisotopic (exact) mass is 273 g/mol. The molecule has 0 bridgehead atoms. The van der Waals surface area contributed by atoms with Crippen molar-refractivity contribution in [1.29, 1.82) is 0 Å². The first-order chi connectivity index (χ1) is 9.74. The first-order valence-electron chi connectivity index (χ1n) is 6.53. The van der Waals surface area contributed by atoms with E-state index in [4.69, 9.17) is 4.52 Å². The molecule has 1 amide bonds.